The minimum atomic E-state index is 0.229. The fourth-order valence-corrected chi connectivity index (χ4v) is 1.43. The van der Waals surface area contributed by atoms with Crippen molar-refractivity contribution in [1.29, 1.82) is 0 Å². The first-order chi connectivity index (χ1) is 4.79. The molecule has 0 atom stereocenters. The second-order valence-electron chi connectivity index (χ2n) is 2.92. The van der Waals surface area contributed by atoms with E-state index in [1.54, 1.807) is 0 Å². The molecule has 0 bridgehead atoms. The van der Waals surface area contributed by atoms with E-state index in [4.69, 9.17) is 11.5 Å². The highest BCUT2D eigenvalue weighted by molar-refractivity contribution is 5.75. The van der Waals surface area contributed by atoms with Crippen molar-refractivity contribution in [3.8, 4) is 0 Å². The third-order valence-electron chi connectivity index (χ3n) is 2.01. The minimum absolute atomic E-state index is 0.229. The van der Waals surface area contributed by atoms with E-state index < -0.39 is 0 Å². The molecular formula is C7H15N3. The summed E-state index contributed by atoms with van der Waals surface area (Å²) in [4.78, 5) is 3.98. The molecule has 1 aliphatic rings. The van der Waals surface area contributed by atoms with Gasteiger partial charge in [0.15, 0.2) is 5.96 Å². The summed E-state index contributed by atoms with van der Waals surface area (Å²) in [6.45, 7) is 0.836. The Labute approximate surface area is 61.5 Å². The van der Waals surface area contributed by atoms with Crippen molar-refractivity contribution in [1.82, 2.24) is 0 Å². The maximum absolute atomic E-state index is 5.20. The normalized spacial score (nSPS) is 19.2. The van der Waals surface area contributed by atoms with E-state index >= 15 is 0 Å². The molecule has 0 heterocycles. The van der Waals surface area contributed by atoms with Crippen molar-refractivity contribution in [3.63, 3.8) is 0 Å². The average molecular weight is 141 g/mol. The van der Waals surface area contributed by atoms with Gasteiger partial charge < -0.3 is 11.5 Å². The maximum atomic E-state index is 5.20. The van der Waals surface area contributed by atoms with Crippen LogP contribution in [0.5, 0.6) is 0 Å². The van der Waals surface area contributed by atoms with Crippen LogP contribution in [0.15, 0.2) is 4.99 Å². The maximum Gasteiger partial charge on any atom is 0.185 e. The van der Waals surface area contributed by atoms with Crippen LogP contribution in [0.2, 0.25) is 0 Å². The van der Waals surface area contributed by atoms with Crippen LogP contribution in [-0.2, 0) is 0 Å². The Morgan fingerprint density at radius 2 is 1.90 bits per heavy atom. The first kappa shape index (κ1) is 7.38. The molecule has 1 fully saturated rings. The predicted molar refractivity (Wildman–Crippen MR) is 42.6 cm³/mol. The van der Waals surface area contributed by atoms with Crippen LogP contribution in [0.25, 0.3) is 0 Å². The highest BCUT2D eigenvalue weighted by atomic mass is 15.0. The van der Waals surface area contributed by atoms with Gasteiger partial charge in [-0.1, -0.05) is 12.8 Å². The van der Waals surface area contributed by atoms with Gasteiger partial charge in [0.1, 0.15) is 0 Å². The Bertz CT molecular complexity index is 121. The molecule has 0 aromatic rings. The zero-order chi connectivity index (χ0) is 7.40. The van der Waals surface area contributed by atoms with Crippen LogP contribution in [0, 0.1) is 5.92 Å². The number of aliphatic imine (C=N–C) groups is 1. The number of hydrogen-bond donors (Lipinski definition) is 2. The summed E-state index contributed by atoms with van der Waals surface area (Å²) in [5.41, 5.74) is 10.4. The van der Waals surface area contributed by atoms with Gasteiger partial charge in [-0.2, -0.15) is 0 Å². The molecule has 3 nitrogen and oxygen atoms in total. The molecule has 4 N–H and O–H groups in total. The Morgan fingerprint density at radius 3 is 2.40 bits per heavy atom. The first-order valence-electron chi connectivity index (χ1n) is 3.84. The highest BCUT2D eigenvalue weighted by Crippen LogP contribution is 2.24. The van der Waals surface area contributed by atoms with E-state index in [1.807, 2.05) is 0 Å². The summed E-state index contributed by atoms with van der Waals surface area (Å²) in [6, 6.07) is 0. The van der Waals surface area contributed by atoms with E-state index in [-0.39, 0.29) is 5.96 Å². The molecule has 0 unspecified atom stereocenters. The monoisotopic (exact) mass is 141 g/mol. The zero-order valence-electron chi connectivity index (χ0n) is 6.21. The van der Waals surface area contributed by atoms with E-state index in [0.717, 1.165) is 12.5 Å². The molecule has 1 aliphatic carbocycles. The zero-order valence-corrected chi connectivity index (χ0v) is 6.21. The quantitative estimate of drug-likeness (QED) is 0.433. The van der Waals surface area contributed by atoms with Gasteiger partial charge in [0.05, 0.1) is 0 Å². The smallest absolute Gasteiger partial charge is 0.185 e. The van der Waals surface area contributed by atoms with Crippen molar-refractivity contribution in [2.45, 2.75) is 25.7 Å². The van der Waals surface area contributed by atoms with E-state index in [2.05, 4.69) is 4.99 Å². The second-order valence-corrected chi connectivity index (χ2v) is 2.92. The van der Waals surface area contributed by atoms with Crippen molar-refractivity contribution < 1.29 is 0 Å². The van der Waals surface area contributed by atoms with Crippen LogP contribution in [0.1, 0.15) is 25.7 Å². The summed E-state index contributed by atoms with van der Waals surface area (Å²) in [6.07, 6.45) is 5.31. The molecule has 0 aromatic carbocycles. The predicted octanol–water partition coefficient (Wildman–Crippen LogP) is 0.450. The van der Waals surface area contributed by atoms with Crippen molar-refractivity contribution in [2.24, 2.45) is 22.4 Å². The van der Waals surface area contributed by atoms with Crippen LogP contribution < -0.4 is 11.5 Å². The average Bonchev–Trinajstić information content (AvgIpc) is 2.34. The standard InChI is InChI=1S/C7H15N3/c8-7(9)10-5-6-3-1-2-4-6/h6H,1-5H2,(H4,8,9,10). The largest absolute Gasteiger partial charge is 0.370 e. The van der Waals surface area contributed by atoms with Gasteiger partial charge >= 0.3 is 0 Å². The van der Waals surface area contributed by atoms with Gasteiger partial charge in [0.25, 0.3) is 0 Å². The van der Waals surface area contributed by atoms with Crippen molar-refractivity contribution in [3.05, 3.63) is 0 Å². The molecule has 0 radical (unpaired) electrons. The molecule has 3 heteroatoms. The van der Waals surface area contributed by atoms with Gasteiger partial charge in [-0.25, -0.2) is 0 Å². The number of hydrogen-bond acceptors (Lipinski definition) is 1. The topological polar surface area (TPSA) is 64.4 Å². The Kier molecular flexibility index (Phi) is 2.54. The molecule has 1 saturated carbocycles. The number of nitrogens with zero attached hydrogens (tertiary/aromatic N) is 1. The van der Waals surface area contributed by atoms with Gasteiger partial charge in [0, 0.05) is 6.54 Å². The third-order valence-corrected chi connectivity index (χ3v) is 2.01. The summed E-state index contributed by atoms with van der Waals surface area (Å²) in [5, 5.41) is 0. The number of nitrogens with two attached hydrogens (primary N) is 2. The molecule has 1 rings (SSSR count). The minimum Gasteiger partial charge on any atom is -0.370 e. The fourth-order valence-electron chi connectivity index (χ4n) is 1.43. The van der Waals surface area contributed by atoms with Crippen LogP contribution in [-0.4, -0.2) is 12.5 Å². The number of rotatable bonds is 2. The Hall–Kier alpha value is -0.730. The lowest BCUT2D eigenvalue weighted by Gasteiger charge is -2.02. The lowest BCUT2D eigenvalue weighted by atomic mass is 10.1. The fraction of sp³-hybridized carbons (Fsp3) is 0.857. The van der Waals surface area contributed by atoms with Gasteiger partial charge in [0.2, 0.25) is 0 Å². The van der Waals surface area contributed by atoms with E-state index in [9.17, 15) is 0 Å². The summed E-state index contributed by atoms with van der Waals surface area (Å²) >= 11 is 0. The summed E-state index contributed by atoms with van der Waals surface area (Å²) in [7, 11) is 0. The molecule has 58 valence electrons. The van der Waals surface area contributed by atoms with Gasteiger partial charge in [-0.15, -0.1) is 0 Å². The molecule has 0 aliphatic heterocycles. The SMILES string of the molecule is NC(N)=NCC1CCCC1. The molecule has 0 amide bonds. The lowest BCUT2D eigenvalue weighted by Crippen LogP contribution is -2.23. The van der Waals surface area contributed by atoms with Crippen LogP contribution in [0.4, 0.5) is 0 Å². The molecule has 0 aromatic heterocycles. The Balaban J connectivity index is 2.18. The van der Waals surface area contributed by atoms with Crippen LogP contribution >= 0.6 is 0 Å². The molecular weight excluding hydrogens is 126 g/mol. The summed E-state index contributed by atoms with van der Waals surface area (Å²) < 4.78 is 0. The summed E-state index contributed by atoms with van der Waals surface area (Å²) in [5.74, 6) is 0.981. The van der Waals surface area contributed by atoms with Gasteiger partial charge in [-0.05, 0) is 18.8 Å². The highest BCUT2D eigenvalue weighted by Gasteiger charge is 2.13. The van der Waals surface area contributed by atoms with Crippen LogP contribution in [0.3, 0.4) is 0 Å². The van der Waals surface area contributed by atoms with E-state index in [0.29, 0.717) is 0 Å². The van der Waals surface area contributed by atoms with E-state index in [1.165, 1.54) is 25.7 Å². The lowest BCUT2D eigenvalue weighted by molar-refractivity contribution is 0.563. The first-order valence-corrected chi connectivity index (χ1v) is 3.84. The third kappa shape index (κ3) is 2.25. The molecule has 10 heavy (non-hydrogen) atoms. The van der Waals surface area contributed by atoms with Gasteiger partial charge in [-0.3, -0.25) is 4.99 Å². The van der Waals surface area contributed by atoms with Crippen molar-refractivity contribution in [2.75, 3.05) is 6.54 Å². The molecule has 0 saturated heterocycles. The number of guanidine groups is 1. The second kappa shape index (κ2) is 3.44. The Morgan fingerprint density at radius 1 is 1.30 bits per heavy atom. The van der Waals surface area contributed by atoms with Crippen molar-refractivity contribution >= 4 is 5.96 Å². The molecule has 0 spiro atoms.